The van der Waals surface area contributed by atoms with Gasteiger partial charge in [0.25, 0.3) is 0 Å². The molecule has 0 atom stereocenters. The van der Waals surface area contributed by atoms with Gasteiger partial charge in [0.05, 0.1) is 30.5 Å². The van der Waals surface area contributed by atoms with Gasteiger partial charge in [-0.3, -0.25) is 20.1 Å². The predicted octanol–water partition coefficient (Wildman–Crippen LogP) is 4.33. The largest absolute Gasteiger partial charge is 0.405 e. The average Bonchev–Trinajstić information content (AvgIpc) is 3.49. The third-order valence-electron chi connectivity index (χ3n) is 5.07. The summed E-state index contributed by atoms with van der Waals surface area (Å²) in [6.07, 6.45) is 9.32. The number of hydrogen-bond donors (Lipinski definition) is 5. The van der Waals surface area contributed by atoms with E-state index < -0.39 is 0 Å². The molecule has 0 saturated heterocycles. The van der Waals surface area contributed by atoms with Gasteiger partial charge in [0.2, 0.25) is 0 Å². The van der Waals surface area contributed by atoms with Crippen LogP contribution >= 0.6 is 0 Å². The molecule has 0 unspecified atom stereocenters. The van der Waals surface area contributed by atoms with Gasteiger partial charge in [-0.25, -0.2) is 0 Å². The maximum absolute atomic E-state index is 7.38. The molecule has 2 heterocycles. The van der Waals surface area contributed by atoms with Crippen LogP contribution in [0.3, 0.4) is 0 Å². The standard InChI is InChI=1S/C25H25N9/c1-28-9-7-25(33-20-4-5-23-19(12-20)15-31-34-23)30-14-17-2-3-18-11-22(32-24(18)10-17)16-29-21(13-27)6-8-26/h2-13,15,27,32H,1,14,16,26H2,(H,30,33)(H,31,34)/b8-6?,9-7-,27-13?,29-21?. The van der Waals surface area contributed by atoms with E-state index in [0.29, 0.717) is 24.6 Å². The van der Waals surface area contributed by atoms with Crippen LogP contribution in [-0.4, -0.2) is 39.7 Å². The van der Waals surface area contributed by atoms with Gasteiger partial charge in [-0.15, -0.1) is 0 Å². The molecule has 0 bridgehead atoms. The van der Waals surface area contributed by atoms with Crippen LogP contribution in [0.2, 0.25) is 0 Å². The molecule has 6 N–H and O–H groups in total. The van der Waals surface area contributed by atoms with Crippen molar-refractivity contribution in [3.05, 3.63) is 84.5 Å². The molecule has 0 amide bonds. The van der Waals surface area contributed by atoms with Gasteiger partial charge in [-0.1, -0.05) is 12.1 Å². The number of anilines is 1. The van der Waals surface area contributed by atoms with Gasteiger partial charge in [-0.2, -0.15) is 5.10 Å². The number of allylic oxidation sites excluding steroid dienone is 1. The van der Waals surface area contributed by atoms with Gasteiger partial charge in [0, 0.05) is 34.7 Å². The summed E-state index contributed by atoms with van der Waals surface area (Å²) in [5.41, 5.74) is 10.8. The highest BCUT2D eigenvalue weighted by atomic mass is 15.1. The molecule has 4 rings (SSSR count). The van der Waals surface area contributed by atoms with E-state index in [1.807, 2.05) is 18.2 Å². The zero-order chi connectivity index (χ0) is 23.8. The van der Waals surface area contributed by atoms with E-state index in [9.17, 15) is 0 Å². The summed E-state index contributed by atoms with van der Waals surface area (Å²) in [5, 5.41) is 19.8. The Morgan fingerprint density at radius 3 is 2.79 bits per heavy atom. The molecule has 0 fully saturated rings. The fourth-order valence-electron chi connectivity index (χ4n) is 3.44. The number of H-pyrrole nitrogens is 2. The maximum Gasteiger partial charge on any atom is 0.127 e. The Bertz CT molecular complexity index is 1430. The van der Waals surface area contributed by atoms with Crippen molar-refractivity contribution in [1.29, 1.82) is 5.41 Å². The van der Waals surface area contributed by atoms with Crippen molar-refractivity contribution in [3.8, 4) is 0 Å². The first-order valence-corrected chi connectivity index (χ1v) is 10.6. The van der Waals surface area contributed by atoms with Crippen molar-refractivity contribution in [2.24, 2.45) is 20.7 Å². The normalized spacial score (nSPS) is 12.8. The second-order valence-corrected chi connectivity index (χ2v) is 7.46. The molecule has 9 heteroatoms. The van der Waals surface area contributed by atoms with Crippen LogP contribution in [0.5, 0.6) is 0 Å². The summed E-state index contributed by atoms with van der Waals surface area (Å²) in [7, 11) is 0. The van der Waals surface area contributed by atoms with E-state index in [4.69, 9.17) is 16.1 Å². The minimum absolute atomic E-state index is 0.436. The first-order chi connectivity index (χ1) is 16.7. The van der Waals surface area contributed by atoms with Crippen LogP contribution in [0.25, 0.3) is 21.8 Å². The van der Waals surface area contributed by atoms with Crippen LogP contribution in [0.15, 0.2) is 88.2 Å². The Hall–Kier alpha value is -4.79. The first-order valence-electron chi connectivity index (χ1n) is 10.6. The SMILES string of the molecule is C=N/C=C\C(=NCc1ccc2cc(CN=C(C=N)C=CN)[nH]c2c1)Nc1ccc2[nH]ncc2c1. The maximum atomic E-state index is 7.38. The first kappa shape index (κ1) is 22.4. The summed E-state index contributed by atoms with van der Waals surface area (Å²) >= 11 is 0. The highest BCUT2D eigenvalue weighted by Gasteiger charge is 2.04. The molecule has 9 nitrogen and oxygen atoms in total. The van der Waals surface area contributed by atoms with Crippen molar-refractivity contribution in [2.75, 3.05) is 5.32 Å². The Kier molecular flexibility index (Phi) is 7.04. The highest BCUT2D eigenvalue weighted by Crippen LogP contribution is 2.19. The van der Waals surface area contributed by atoms with Gasteiger partial charge in [0.15, 0.2) is 0 Å². The Morgan fingerprint density at radius 1 is 1.06 bits per heavy atom. The molecular formula is C25H25N9. The number of nitrogens with one attached hydrogen (secondary N) is 4. The summed E-state index contributed by atoms with van der Waals surface area (Å²) in [4.78, 5) is 16.3. The zero-order valence-corrected chi connectivity index (χ0v) is 18.5. The number of aliphatic imine (C=N–C) groups is 3. The van der Waals surface area contributed by atoms with Crippen molar-refractivity contribution in [2.45, 2.75) is 13.1 Å². The lowest BCUT2D eigenvalue weighted by Gasteiger charge is -2.07. The van der Waals surface area contributed by atoms with Gasteiger partial charge >= 0.3 is 0 Å². The number of fused-ring (bicyclic) bond motifs is 2. The van der Waals surface area contributed by atoms with Crippen molar-refractivity contribution < 1.29 is 0 Å². The van der Waals surface area contributed by atoms with Crippen LogP contribution in [0.1, 0.15) is 11.3 Å². The number of amidine groups is 1. The molecular weight excluding hydrogens is 426 g/mol. The summed E-state index contributed by atoms with van der Waals surface area (Å²) in [6.45, 7) is 4.42. The van der Waals surface area contributed by atoms with E-state index in [-0.39, 0.29) is 0 Å². The summed E-state index contributed by atoms with van der Waals surface area (Å²) in [6, 6.07) is 14.2. The molecule has 0 spiro atoms. The zero-order valence-electron chi connectivity index (χ0n) is 18.5. The van der Waals surface area contributed by atoms with Crippen molar-refractivity contribution in [1.82, 2.24) is 15.2 Å². The number of benzene rings is 2. The fraction of sp³-hybridized carbons (Fsp3) is 0.0800. The predicted molar refractivity (Wildman–Crippen MR) is 141 cm³/mol. The molecule has 0 aliphatic carbocycles. The lowest BCUT2D eigenvalue weighted by atomic mass is 10.1. The molecule has 2 aromatic heterocycles. The minimum Gasteiger partial charge on any atom is -0.405 e. The molecule has 170 valence electrons. The molecule has 0 radical (unpaired) electrons. The Morgan fingerprint density at radius 2 is 1.97 bits per heavy atom. The summed E-state index contributed by atoms with van der Waals surface area (Å²) in [5.74, 6) is 0.670. The topological polar surface area (TPSA) is 143 Å². The second kappa shape index (κ2) is 10.7. The summed E-state index contributed by atoms with van der Waals surface area (Å²) < 4.78 is 0. The minimum atomic E-state index is 0.436. The Balaban J connectivity index is 1.51. The molecule has 34 heavy (non-hydrogen) atoms. The molecule has 0 saturated carbocycles. The van der Waals surface area contributed by atoms with Crippen molar-refractivity contribution >= 4 is 52.0 Å². The van der Waals surface area contributed by atoms with E-state index in [1.54, 1.807) is 24.5 Å². The lowest BCUT2D eigenvalue weighted by molar-refractivity contribution is 1.02. The third kappa shape index (κ3) is 5.52. The number of nitrogens with two attached hydrogens (primary N) is 1. The van der Waals surface area contributed by atoms with E-state index in [1.165, 1.54) is 12.4 Å². The van der Waals surface area contributed by atoms with Gasteiger partial charge < -0.3 is 21.4 Å². The number of aromatic amines is 2. The van der Waals surface area contributed by atoms with E-state index >= 15 is 0 Å². The average molecular weight is 452 g/mol. The second-order valence-electron chi connectivity index (χ2n) is 7.46. The van der Waals surface area contributed by atoms with Crippen LogP contribution < -0.4 is 11.1 Å². The molecule has 4 aromatic rings. The van der Waals surface area contributed by atoms with E-state index in [2.05, 4.69) is 61.5 Å². The molecule has 0 aliphatic rings. The number of rotatable bonds is 9. The molecule has 2 aromatic carbocycles. The van der Waals surface area contributed by atoms with Crippen molar-refractivity contribution in [3.63, 3.8) is 0 Å². The van der Waals surface area contributed by atoms with Crippen LogP contribution in [0.4, 0.5) is 5.69 Å². The fourth-order valence-corrected chi connectivity index (χ4v) is 3.44. The monoisotopic (exact) mass is 451 g/mol. The quantitative estimate of drug-likeness (QED) is 0.191. The smallest absolute Gasteiger partial charge is 0.127 e. The van der Waals surface area contributed by atoms with E-state index in [0.717, 1.165) is 38.8 Å². The van der Waals surface area contributed by atoms with Crippen LogP contribution in [0, 0.1) is 5.41 Å². The highest BCUT2D eigenvalue weighted by molar-refractivity contribution is 6.34. The molecule has 0 aliphatic heterocycles. The third-order valence-corrected chi connectivity index (χ3v) is 5.07. The number of nitrogens with zero attached hydrogens (tertiary/aromatic N) is 4. The number of hydrogen-bond acceptors (Lipinski definition) is 6. The van der Waals surface area contributed by atoms with Crippen LogP contribution in [-0.2, 0) is 13.1 Å². The van der Waals surface area contributed by atoms with Gasteiger partial charge in [0.1, 0.15) is 5.84 Å². The number of aromatic nitrogens is 3. The Labute approximate surface area is 196 Å². The lowest BCUT2D eigenvalue weighted by Crippen LogP contribution is -2.09. The van der Waals surface area contributed by atoms with Gasteiger partial charge in [-0.05, 0) is 66.4 Å².